The van der Waals surface area contributed by atoms with Crippen molar-refractivity contribution in [3.8, 4) is 11.3 Å². The van der Waals surface area contributed by atoms with Crippen LogP contribution >= 0.6 is 11.6 Å². The molecule has 2 fully saturated rings. The molecule has 2 aromatic heterocycles. The Balaban J connectivity index is 1.43. The number of hydrogen-bond donors (Lipinski definition) is 2. The Morgan fingerprint density at radius 1 is 1.25 bits per heavy atom. The van der Waals surface area contributed by atoms with Gasteiger partial charge in [0.05, 0.1) is 16.6 Å². The van der Waals surface area contributed by atoms with Gasteiger partial charge in [0, 0.05) is 38.1 Å². The fourth-order valence-corrected chi connectivity index (χ4v) is 4.57. The number of anilines is 2. The Bertz CT molecular complexity index is 919. The van der Waals surface area contributed by atoms with Gasteiger partial charge in [-0.2, -0.15) is 0 Å². The van der Waals surface area contributed by atoms with Gasteiger partial charge in [-0.05, 0) is 62.9 Å². The van der Waals surface area contributed by atoms with Crippen molar-refractivity contribution >= 4 is 29.1 Å². The molecule has 2 aliphatic rings. The lowest BCUT2D eigenvalue weighted by atomic mass is 9.97. The number of pyridine rings is 2. The summed E-state index contributed by atoms with van der Waals surface area (Å²) in [5.41, 5.74) is 1.50. The number of rotatable bonds is 7. The van der Waals surface area contributed by atoms with Gasteiger partial charge in [-0.25, -0.2) is 9.97 Å². The van der Waals surface area contributed by atoms with E-state index in [0.29, 0.717) is 16.8 Å². The molecule has 0 spiro atoms. The number of hydrogen-bond acceptors (Lipinski definition) is 6. The summed E-state index contributed by atoms with van der Waals surface area (Å²) in [6.45, 7) is 7.50. The zero-order chi connectivity index (χ0) is 22.3. The minimum Gasteiger partial charge on any atom is -0.381 e. The highest BCUT2D eigenvalue weighted by Crippen LogP contribution is 2.29. The van der Waals surface area contributed by atoms with Gasteiger partial charge < -0.3 is 20.3 Å². The van der Waals surface area contributed by atoms with Crippen LogP contribution < -0.4 is 10.6 Å². The maximum atomic E-state index is 12.8. The lowest BCUT2D eigenvalue weighted by Crippen LogP contribution is -2.40. The first-order chi connectivity index (χ1) is 15.6. The summed E-state index contributed by atoms with van der Waals surface area (Å²) in [5.74, 6) is 1.92. The van der Waals surface area contributed by atoms with Crippen LogP contribution in [0.2, 0.25) is 5.02 Å². The van der Waals surface area contributed by atoms with Crippen LogP contribution in [0.4, 0.5) is 11.6 Å². The zero-order valence-electron chi connectivity index (χ0n) is 18.6. The number of carbonyl (C=O) groups excluding carboxylic acids is 1. The maximum Gasteiger partial charge on any atom is 0.229 e. The number of ether oxygens (including phenoxy) is 1. The number of aromatic nitrogens is 2. The van der Waals surface area contributed by atoms with Gasteiger partial charge in [0.25, 0.3) is 0 Å². The molecule has 1 amide bonds. The van der Waals surface area contributed by atoms with Crippen LogP contribution in [0.25, 0.3) is 11.3 Å². The van der Waals surface area contributed by atoms with Gasteiger partial charge in [0.2, 0.25) is 5.91 Å². The average molecular weight is 458 g/mol. The summed E-state index contributed by atoms with van der Waals surface area (Å²) in [6.07, 6.45) is 5.68. The molecule has 8 heteroatoms. The molecule has 2 aliphatic heterocycles. The van der Waals surface area contributed by atoms with Gasteiger partial charge >= 0.3 is 0 Å². The highest BCUT2D eigenvalue weighted by atomic mass is 35.5. The van der Waals surface area contributed by atoms with Crippen molar-refractivity contribution in [2.75, 3.05) is 50.0 Å². The molecule has 0 aliphatic carbocycles. The highest BCUT2D eigenvalue weighted by Gasteiger charge is 2.25. The van der Waals surface area contributed by atoms with Gasteiger partial charge in [-0.15, -0.1) is 0 Å². The molecule has 2 saturated heterocycles. The van der Waals surface area contributed by atoms with E-state index in [4.69, 9.17) is 21.3 Å². The molecular weight excluding hydrogens is 426 g/mol. The van der Waals surface area contributed by atoms with Crippen molar-refractivity contribution in [1.29, 1.82) is 0 Å². The summed E-state index contributed by atoms with van der Waals surface area (Å²) in [4.78, 5) is 24.2. The molecule has 0 radical (unpaired) electrons. The Kier molecular flexibility index (Phi) is 7.95. The first kappa shape index (κ1) is 23.0. The van der Waals surface area contributed by atoms with Crippen LogP contribution in [0.15, 0.2) is 30.5 Å². The predicted octanol–water partition coefficient (Wildman–Crippen LogP) is 4.31. The monoisotopic (exact) mass is 457 g/mol. The molecule has 0 bridgehead atoms. The Labute approximate surface area is 194 Å². The van der Waals surface area contributed by atoms with Crippen LogP contribution in [0, 0.1) is 11.8 Å². The fourth-order valence-electron chi connectivity index (χ4n) is 4.37. The van der Waals surface area contributed by atoms with Gasteiger partial charge in [0.1, 0.15) is 11.6 Å². The molecule has 0 aromatic carbocycles. The molecule has 4 rings (SSSR count). The summed E-state index contributed by atoms with van der Waals surface area (Å²) >= 11 is 6.45. The fraction of sp³-hybridized carbons (Fsp3) is 0.542. The van der Waals surface area contributed by atoms with E-state index in [9.17, 15) is 4.79 Å². The van der Waals surface area contributed by atoms with Crippen molar-refractivity contribution in [2.45, 2.75) is 32.6 Å². The van der Waals surface area contributed by atoms with E-state index in [-0.39, 0.29) is 11.8 Å². The summed E-state index contributed by atoms with van der Waals surface area (Å²) in [5, 5.41) is 6.94. The van der Waals surface area contributed by atoms with Crippen LogP contribution in [0.3, 0.4) is 0 Å². The van der Waals surface area contributed by atoms with Crippen LogP contribution in [-0.4, -0.2) is 60.2 Å². The van der Waals surface area contributed by atoms with Crippen LogP contribution in [0.1, 0.15) is 32.6 Å². The quantitative estimate of drug-likeness (QED) is 0.645. The number of nitrogens with zero attached hydrogens (tertiary/aromatic N) is 3. The molecule has 0 saturated carbocycles. The van der Waals surface area contributed by atoms with E-state index in [1.54, 1.807) is 6.20 Å². The lowest BCUT2D eigenvalue weighted by molar-refractivity contribution is -0.121. The Morgan fingerprint density at radius 3 is 2.91 bits per heavy atom. The minimum absolute atomic E-state index is 0.0135. The number of likely N-dealkylation sites (tertiary alicyclic amines) is 1. The lowest BCUT2D eigenvalue weighted by Gasteiger charge is -2.30. The van der Waals surface area contributed by atoms with Crippen molar-refractivity contribution < 1.29 is 9.53 Å². The summed E-state index contributed by atoms with van der Waals surface area (Å²) in [7, 11) is 0. The number of amides is 1. The molecular formula is C24H32ClN5O2. The molecule has 172 valence electrons. The average Bonchev–Trinajstić information content (AvgIpc) is 2.84. The molecule has 7 nitrogen and oxygen atoms in total. The number of carbonyl (C=O) groups is 1. The highest BCUT2D eigenvalue weighted by molar-refractivity contribution is 6.33. The van der Waals surface area contributed by atoms with E-state index in [1.165, 1.54) is 0 Å². The second-order valence-corrected chi connectivity index (χ2v) is 9.02. The second kappa shape index (κ2) is 11.1. The maximum absolute atomic E-state index is 12.8. The van der Waals surface area contributed by atoms with Crippen molar-refractivity contribution in [1.82, 2.24) is 14.9 Å². The molecule has 4 heterocycles. The topological polar surface area (TPSA) is 79.4 Å². The molecule has 2 aromatic rings. The Hall–Kier alpha value is -2.22. The number of halogens is 1. The van der Waals surface area contributed by atoms with Gasteiger partial charge in [-0.1, -0.05) is 24.6 Å². The van der Waals surface area contributed by atoms with E-state index >= 15 is 0 Å². The van der Waals surface area contributed by atoms with Crippen LogP contribution in [-0.2, 0) is 9.53 Å². The van der Waals surface area contributed by atoms with Crippen molar-refractivity contribution in [3.63, 3.8) is 0 Å². The van der Waals surface area contributed by atoms with E-state index in [1.807, 2.05) is 24.3 Å². The van der Waals surface area contributed by atoms with Gasteiger partial charge in [0.15, 0.2) is 0 Å². The molecule has 32 heavy (non-hydrogen) atoms. The summed E-state index contributed by atoms with van der Waals surface area (Å²) < 4.78 is 5.43. The van der Waals surface area contributed by atoms with E-state index < -0.39 is 0 Å². The molecule has 0 unspecified atom stereocenters. The van der Waals surface area contributed by atoms with Crippen molar-refractivity contribution in [3.05, 3.63) is 35.5 Å². The zero-order valence-corrected chi connectivity index (χ0v) is 19.4. The first-order valence-electron chi connectivity index (χ1n) is 11.6. The summed E-state index contributed by atoms with van der Waals surface area (Å²) in [6, 6.07) is 7.66. The smallest absolute Gasteiger partial charge is 0.229 e. The largest absolute Gasteiger partial charge is 0.381 e. The van der Waals surface area contributed by atoms with E-state index in [2.05, 4.69) is 27.4 Å². The van der Waals surface area contributed by atoms with Crippen molar-refractivity contribution in [2.24, 2.45) is 11.8 Å². The number of nitrogens with one attached hydrogen (secondary N) is 2. The molecule has 2 N–H and O–H groups in total. The SMILES string of the molecule is CCN1CCC[C@H](C(=O)Nc2cc(-c3cccc(NCC4CCOCC4)n3)c(Cl)cn2)C1. The molecule has 1 atom stereocenters. The normalized spacial score (nSPS) is 20.1. The third kappa shape index (κ3) is 5.97. The Morgan fingerprint density at radius 2 is 2.09 bits per heavy atom. The standard InChI is InChI=1S/C24H32ClN5O2/c1-2-30-10-4-5-18(16-30)24(31)29-23-13-19(20(25)15-27-23)21-6-3-7-22(28-21)26-14-17-8-11-32-12-9-17/h3,6-7,13,15,17-18H,2,4-5,8-12,14,16H2,1H3,(H,26,28)(H,27,29,31)/t18-/m0/s1. The van der Waals surface area contributed by atoms with Crippen LogP contribution in [0.5, 0.6) is 0 Å². The third-order valence-electron chi connectivity index (χ3n) is 6.37. The second-order valence-electron chi connectivity index (χ2n) is 8.62. The first-order valence-corrected chi connectivity index (χ1v) is 12.0. The predicted molar refractivity (Wildman–Crippen MR) is 128 cm³/mol. The number of piperidine rings is 1. The minimum atomic E-state index is -0.0135. The van der Waals surface area contributed by atoms with Gasteiger partial charge in [-0.3, -0.25) is 4.79 Å². The third-order valence-corrected chi connectivity index (χ3v) is 6.67. The van der Waals surface area contributed by atoms with E-state index in [0.717, 1.165) is 82.2 Å².